The first-order valence-corrected chi connectivity index (χ1v) is 8.49. The van der Waals surface area contributed by atoms with E-state index >= 15 is 0 Å². The minimum absolute atomic E-state index is 0.408. The third-order valence-electron chi connectivity index (χ3n) is 5.48. The number of methoxy groups -OCH3 is 1. The first-order valence-electron chi connectivity index (χ1n) is 8.49. The molecular formula is C17H33NO. The van der Waals surface area contributed by atoms with E-state index in [1.54, 1.807) is 6.42 Å². The van der Waals surface area contributed by atoms with Crippen LogP contribution in [0.5, 0.6) is 0 Å². The molecular weight excluding hydrogens is 234 g/mol. The minimum atomic E-state index is 0.408. The summed E-state index contributed by atoms with van der Waals surface area (Å²) in [5, 5.41) is 3.78. The molecule has 19 heavy (non-hydrogen) atoms. The Morgan fingerprint density at radius 1 is 1.21 bits per heavy atom. The number of nitrogens with one attached hydrogen (secondary N) is 1. The van der Waals surface area contributed by atoms with E-state index in [0.29, 0.717) is 6.10 Å². The summed E-state index contributed by atoms with van der Waals surface area (Å²) in [6.07, 6.45) is 11.6. The Labute approximate surface area is 119 Å². The monoisotopic (exact) mass is 267 g/mol. The second-order valence-electron chi connectivity index (χ2n) is 6.95. The number of ether oxygens (including phenoxy) is 1. The summed E-state index contributed by atoms with van der Waals surface area (Å²) in [5.41, 5.74) is 0. The Balaban J connectivity index is 1.76. The summed E-state index contributed by atoms with van der Waals surface area (Å²) >= 11 is 0. The van der Waals surface area contributed by atoms with Crippen molar-refractivity contribution < 1.29 is 4.74 Å². The number of hydrogen-bond donors (Lipinski definition) is 1. The molecule has 0 heterocycles. The van der Waals surface area contributed by atoms with Gasteiger partial charge in [0.05, 0.1) is 6.10 Å². The smallest absolute Gasteiger partial charge is 0.0543 e. The van der Waals surface area contributed by atoms with Crippen LogP contribution in [0.4, 0.5) is 0 Å². The zero-order valence-electron chi connectivity index (χ0n) is 13.2. The maximum atomic E-state index is 5.40. The van der Waals surface area contributed by atoms with Gasteiger partial charge in [-0.2, -0.15) is 0 Å². The second kappa shape index (κ2) is 7.64. The molecule has 0 aromatic carbocycles. The molecule has 2 fully saturated rings. The van der Waals surface area contributed by atoms with E-state index in [1.165, 1.54) is 51.5 Å². The summed E-state index contributed by atoms with van der Waals surface area (Å²) in [6, 6.07) is 0.724. The van der Waals surface area contributed by atoms with E-state index in [-0.39, 0.29) is 0 Å². The van der Waals surface area contributed by atoms with E-state index in [0.717, 1.165) is 23.8 Å². The molecule has 0 amide bonds. The van der Waals surface area contributed by atoms with Gasteiger partial charge >= 0.3 is 0 Å². The lowest BCUT2D eigenvalue weighted by Gasteiger charge is -2.28. The zero-order valence-corrected chi connectivity index (χ0v) is 13.2. The van der Waals surface area contributed by atoms with Crippen LogP contribution in [-0.4, -0.2) is 25.8 Å². The summed E-state index contributed by atoms with van der Waals surface area (Å²) < 4.78 is 5.40. The van der Waals surface area contributed by atoms with Crippen LogP contribution >= 0.6 is 0 Å². The van der Waals surface area contributed by atoms with Gasteiger partial charge in [0.1, 0.15) is 0 Å². The first-order chi connectivity index (χ1) is 9.22. The van der Waals surface area contributed by atoms with Crippen LogP contribution in [-0.2, 0) is 4.74 Å². The van der Waals surface area contributed by atoms with Crippen molar-refractivity contribution >= 4 is 0 Å². The fourth-order valence-corrected chi connectivity index (χ4v) is 4.24. The Hall–Kier alpha value is -0.0800. The largest absolute Gasteiger partial charge is 0.382 e. The van der Waals surface area contributed by atoms with Crippen LogP contribution in [0.25, 0.3) is 0 Å². The van der Waals surface area contributed by atoms with Crippen molar-refractivity contribution in [2.75, 3.05) is 13.7 Å². The number of fused-ring (bicyclic) bond motifs is 2. The molecule has 5 atom stereocenters. The Kier molecular flexibility index (Phi) is 6.15. The first kappa shape index (κ1) is 15.3. The third kappa shape index (κ3) is 4.46. The summed E-state index contributed by atoms with van der Waals surface area (Å²) in [5.74, 6) is 3.17. The normalized spacial score (nSPS) is 32.7. The molecule has 2 aliphatic rings. The lowest BCUT2D eigenvalue weighted by Crippen LogP contribution is -2.33. The molecule has 2 saturated carbocycles. The van der Waals surface area contributed by atoms with Crippen LogP contribution in [0.3, 0.4) is 0 Å². The van der Waals surface area contributed by atoms with Gasteiger partial charge in [-0.15, -0.1) is 0 Å². The molecule has 0 radical (unpaired) electrons. The van der Waals surface area contributed by atoms with Crippen molar-refractivity contribution in [3.63, 3.8) is 0 Å². The Morgan fingerprint density at radius 3 is 2.63 bits per heavy atom. The minimum Gasteiger partial charge on any atom is -0.382 e. The maximum Gasteiger partial charge on any atom is 0.0543 e. The second-order valence-corrected chi connectivity index (χ2v) is 6.95. The van der Waals surface area contributed by atoms with E-state index in [1.807, 2.05) is 7.11 Å². The Bertz CT molecular complexity index is 256. The molecule has 2 heteroatoms. The number of hydrogen-bond acceptors (Lipinski definition) is 2. The van der Waals surface area contributed by atoms with Gasteiger partial charge in [0.15, 0.2) is 0 Å². The highest BCUT2D eigenvalue weighted by atomic mass is 16.5. The fourth-order valence-electron chi connectivity index (χ4n) is 4.24. The third-order valence-corrected chi connectivity index (χ3v) is 5.48. The lowest BCUT2D eigenvalue weighted by atomic mass is 9.83. The molecule has 0 spiro atoms. The molecule has 0 aromatic rings. The van der Waals surface area contributed by atoms with Crippen LogP contribution in [0.15, 0.2) is 0 Å². The van der Waals surface area contributed by atoms with Crippen molar-refractivity contribution in [1.29, 1.82) is 0 Å². The van der Waals surface area contributed by atoms with Gasteiger partial charge in [-0.25, -0.2) is 0 Å². The quantitative estimate of drug-likeness (QED) is 0.682. The van der Waals surface area contributed by atoms with Gasteiger partial charge in [-0.05, 0) is 76.2 Å². The molecule has 0 aliphatic heterocycles. The summed E-state index contributed by atoms with van der Waals surface area (Å²) in [4.78, 5) is 0. The van der Waals surface area contributed by atoms with E-state index in [9.17, 15) is 0 Å². The van der Waals surface area contributed by atoms with Crippen LogP contribution in [0.1, 0.15) is 65.2 Å². The lowest BCUT2D eigenvalue weighted by molar-refractivity contribution is 0.104. The van der Waals surface area contributed by atoms with Crippen molar-refractivity contribution in [3.05, 3.63) is 0 Å². The maximum absolute atomic E-state index is 5.40. The van der Waals surface area contributed by atoms with Gasteiger partial charge < -0.3 is 10.1 Å². The van der Waals surface area contributed by atoms with Gasteiger partial charge in [-0.3, -0.25) is 0 Å². The average Bonchev–Trinajstić information content (AvgIpc) is 3.03. The predicted molar refractivity (Wildman–Crippen MR) is 81.3 cm³/mol. The van der Waals surface area contributed by atoms with Crippen molar-refractivity contribution in [2.45, 2.75) is 77.4 Å². The van der Waals surface area contributed by atoms with E-state index in [2.05, 4.69) is 19.2 Å². The fraction of sp³-hybridized carbons (Fsp3) is 1.00. The molecule has 112 valence electrons. The van der Waals surface area contributed by atoms with Gasteiger partial charge in [-0.1, -0.05) is 13.3 Å². The summed E-state index contributed by atoms with van der Waals surface area (Å²) in [6.45, 7) is 5.63. The van der Waals surface area contributed by atoms with Gasteiger partial charge in [0.25, 0.3) is 0 Å². The van der Waals surface area contributed by atoms with Crippen LogP contribution in [0.2, 0.25) is 0 Å². The molecule has 0 saturated heterocycles. The molecule has 2 aliphatic carbocycles. The SMILES string of the molecule is CCCNC(CCC(C)OC)CC1CC2CCC1C2. The van der Waals surface area contributed by atoms with E-state index < -0.39 is 0 Å². The number of rotatable bonds is 9. The van der Waals surface area contributed by atoms with Gasteiger partial charge in [0, 0.05) is 13.2 Å². The highest BCUT2D eigenvalue weighted by Gasteiger charge is 2.39. The molecule has 2 rings (SSSR count). The van der Waals surface area contributed by atoms with Crippen molar-refractivity contribution in [3.8, 4) is 0 Å². The van der Waals surface area contributed by atoms with Crippen LogP contribution in [0, 0.1) is 17.8 Å². The predicted octanol–water partition coefficient (Wildman–Crippen LogP) is 4.00. The molecule has 0 aromatic heterocycles. The highest BCUT2D eigenvalue weighted by molar-refractivity contribution is 4.91. The van der Waals surface area contributed by atoms with Gasteiger partial charge in [0.2, 0.25) is 0 Å². The zero-order chi connectivity index (χ0) is 13.7. The topological polar surface area (TPSA) is 21.3 Å². The van der Waals surface area contributed by atoms with Crippen molar-refractivity contribution in [1.82, 2.24) is 5.32 Å². The molecule has 2 bridgehead atoms. The molecule has 1 N–H and O–H groups in total. The average molecular weight is 267 g/mol. The van der Waals surface area contributed by atoms with Crippen molar-refractivity contribution in [2.24, 2.45) is 17.8 Å². The van der Waals surface area contributed by atoms with Crippen LogP contribution < -0.4 is 5.32 Å². The Morgan fingerprint density at radius 2 is 2.05 bits per heavy atom. The molecule has 5 unspecified atom stereocenters. The highest BCUT2D eigenvalue weighted by Crippen LogP contribution is 2.50. The molecule has 2 nitrogen and oxygen atoms in total. The summed E-state index contributed by atoms with van der Waals surface area (Å²) in [7, 11) is 1.83. The van der Waals surface area contributed by atoms with E-state index in [4.69, 9.17) is 4.74 Å². The standard InChI is InChI=1S/C17H33NO/c1-4-9-18-17(8-5-13(2)19-3)12-16-11-14-6-7-15(16)10-14/h13-18H,4-12H2,1-3H3.